The molecule has 166 valence electrons. The third-order valence-corrected chi connectivity index (χ3v) is 6.51. The summed E-state index contributed by atoms with van der Waals surface area (Å²) in [6, 6.07) is 5.33. The van der Waals surface area contributed by atoms with Crippen molar-refractivity contribution in [3.63, 3.8) is 0 Å². The van der Waals surface area contributed by atoms with Gasteiger partial charge in [-0.25, -0.2) is 14.8 Å². The minimum absolute atomic E-state index is 0.0541. The van der Waals surface area contributed by atoms with Crippen molar-refractivity contribution in [1.29, 1.82) is 0 Å². The third-order valence-electron chi connectivity index (χ3n) is 3.89. The molecule has 0 fully saturated rings. The van der Waals surface area contributed by atoms with E-state index in [-0.39, 0.29) is 22.1 Å². The first-order valence-electron chi connectivity index (χ1n) is 8.85. The van der Waals surface area contributed by atoms with Crippen molar-refractivity contribution >= 4 is 69.7 Å². The van der Waals surface area contributed by atoms with Crippen LogP contribution >= 0.6 is 46.3 Å². The van der Waals surface area contributed by atoms with Gasteiger partial charge in [-0.2, -0.15) is 0 Å². The number of carbonyl (C=O) groups excluding carboxylic acids is 2. The number of aromatic nitrogens is 2. The summed E-state index contributed by atoms with van der Waals surface area (Å²) in [6.45, 7) is 3.17. The number of rotatable bonds is 7. The molecule has 9 nitrogen and oxygen atoms in total. The van der Waals surface area contributed by atoms with Crippen LogP contribution in [-0.2, 0) is 9.53 Å². The van der Waals surface area contributed by atoms with E-state index in [0.717, 1.165) is 23.5 Å². The number of nitro groups is 1. The maximum atomic E-state index is 12.5. The number of thiazole rings is 1. The number of ether oxygens (including phenoxy) is 1. The number of aryl methyl sites for hydroxylation is 1. The summed E-state index contributed by atoms with van der Waals surface area (Å²) in [7, 11) is 0. The highest BCUT2D eigenvalue weighted by molar-refractivity contribution is 8.01. The van der Waals surface area contributed by atoms with Crippen LogP contribution in [0.1, 0.15) is 23.0 Å². The fourth-order valence-corrected chi connectivity index (χ4v) is 4.66. The van der Waals surface area contributed by atoms with Crippen LogP contribution in [0.3, 0.4) is 0 Å². The summed E-state index contributed by atoms with van der Waals surface area (Å²) in [5, 5.41) is 16.2. The molecule has 0 bridgehead atoms. The van der Waals surface area contributed by atoms with E-state index >= 15 is 0 Å². The number of esters is 1. The first kappa shape index (κ1) is 23.9. The van der Waals surface area contributed by atoms with Crippen LogP contribution in [0, 0.1) is 17.0 Å². The normalized spacial score (nSPS) is 11.6. The van der Waals surface area contributed by atoms with Crippen molar-refractivity contribution in [2.24, 2.45) is 0 Å². The van der Waals surface area contributed by atoms with Gasteiger partial charge in [0.2, 0.25) is 0 Å². The van der Waals surface area contributed by atoms with E-state index < -0.39 is 22.9 Å². The lowest BCUT2D eigenvalue weighted by molar-refractivity contribution is -0.387. The Balaban J connectivity index is 1.71. The molecule has 0 unspecified atom stereocenters. The smallest absolute Gasteiger partial charge is 0.339 e. The Bertz CT molecular complexity index is 1200. The van der Waals surface area contributed by atoms with E-state index in [1.165, 1.54) is 42.7 Å². The van der Waals surface area contributed by atoms with Gasteiger partial charge < -0.3 is 10.1 Å². The Morgan fingerprint density at radius 2 is 2.06 bits per heavy atom. The van der Waals surface area contributed by atoms with Gasteiger partial charge in [0.05, 0.1) is 25.4 Å². The molecule has 1 aromatic carbocycles. The number of hydrogen-bond acceptors (Lipinski definition) is 9. The Kier molecular flexibility index (Phi) is 7.67. The fraction of sp³-hybridized carbons (Fsp3) is 0.158. The average Bonchev–Trinajstić information content (AvgIpc) is 3.14. The Morgan fingerprint density at radius 3 is 2.69 bits per heavy atom. The average molecular weight is 513 g/mol. The molecular formula is C19H14Cl2N4O5S2. The van der Waals surface area contributed by atoms with Crippen LogP contribution < -0.4 is 5.32 Å². The lowest BCUT2D eigenvalue weighted by Crippen LogP contribution is -2.30. The number of carbonyl (C=O) groups is 2. The highest BCUT2D eigenvalue weighted by Crippen LogP contribution is 2.37. The number of benzene rings is 1. The summed E-state index contributed by atoms with van der Waals surface area (Å²) < 4.78 is 5.78. The zero-order valence-corrected chi connectivity index (χ0v) is 19.6. The van der Waals surface area contributed by atoms with Gasteiger partial charge in [-0.3, -0.25) is 14.9 Å². The first-order valence-corrected chi connectivity index (χ1v) is 11.3. The summed E-state index contributed by atoms with van der Waals surface area (Å²) in [5.74, 6) is -1.53. The standard InChI is InChI=1S/C19H14Cl2N4O5S2/c1-9-8-31-19(23-9)32-15-4-3-11(5-14(15)25(28)29)18(27)30-10(2)17(26)24-16-13(21)6-12(20)7-22-16/h3-8,10H,1-2H3,(H,22,24,26)/t10-/m1/s1. The van der Waals surface area contributed by atoms with Crippen LogP contribution in [0.4, 0.5) is 11.5 Å². The number of nitrogens with one attached hydrogen (secondary N) is 1. The zero-order chi connectivity index (χ0) is 23.4. The molecule has 2 heterocycles. The number of hydrogen-bond donors (Lipinski definition) is 1. The second-order valence-electron chi connectivity index (χ2n) is 6.32. The lowest BCUT2D eigenvalue weighted by Gasteiger charge is -2.14. The number of anilines is 1. The van der Waals surface area contributed by atoms with E-state index in [2.05, 4.69) is 15.3 Å². The molecule has 13 heteroatoms. The van der Waals surface area contributed by atoms with Gasteiger partial charge in [-0.05, 0) is 32.0 Å². The predicted octanol–water partition coefficient (Wildman–Crippen LogP) is 5.40. The van der Waals surface area contributed by atoms with Crippen molar-refractivity contribution in [3.05, 3.63) is 67.3 Å². The van der Waals surface area contributed by atoms with Crippen molar-refractivity contribution in [3.8, 4) is 0 Å². The largest absolute Gasteiger partial charge is 0.449 e. The van der Waals surface area contributed by atoms with E-state index in [1.54, 1.807) is 0 Å². The van der Waals surface area contributed by atoms with Gasteiger partial charge in [0.25, 0.3) is 11.6 Å². The molecule has 0 aliphatic carbocycles. The van der Waals surface area contributed by atoms with Gasteiger partial charge in [-0.1, -0.05) is 35.0 Å². The van der Waals surface area contributed by atoms with Gasteiger partial charge >= 0.3 is 5.97 Å². The quantitative estimate of drug-likeness (QED) is 0.253. The van der Waals surface area contributed by atoms with Crippen LogP contribution in [0.25, 0.3) is 0 Å². The van der Waals surface area contributed by atoms with Crippen LogP contribution in [0.2, 0.25) is 10.0 Å². The predicted molar refractivity (Wildman–Crippen MR) is 122 cm³/mol. The van der Waals surface area contributed by atoms with Gasteiger partial charge in [0, 0.05) is 23.3 Å². The fourth-order valence-electron chi connectivity index (χ4n) is 2.35. The molecule has 32 heavy (non-hydrogen) atoms. The maximum absolute atomic E-state index is 12.5. The molecule has 2 aromatic heterocycles. The van der Waals surface area contributed by atoms with Crippen molar-refractivity contribution < 1.29 is 19.2 Å². The number of pyridine rings is 1. The molecule has 1 amide bonds. The summed E-state index contributed by atoms with van der Waals surface area (Å²) >= 11 is 14.2. The summed E-state index contributed by atoms with van der Waals surface area (Å²) in [5.41, 5.74) is 0.466. The zero-order valence-electron chi connectivity index (χ0n) is 16.5. The van der Waals surface area contributed by atoms with Crippen LogP contribution in [0.5, 0.6) is 0 Å². The molecule has 0 saturated heterocycles. The Morgan fingerprint density at radius 1 is 1.31 bits per heavy atom. The minimum Gasteiger partial charge on any atom is -0.449 e. The molecule has 1 atom stereocenters. The topological polar surface area (TPSA) is 124 Å². The number of halogens is 2. The molecule has 3 rings (SSSR count). The second kappa shape index (κ2) is 10.3. The van der Waals surface area contributed by atoms with Crippen molar-refractivity contribution in [2.45, 2.75) is 29.2 Å². The van der Waals surface area contributed by atoms with Gasteiger partial charge in [0.1, 0.15) is 0 Å². The lowest BCUT2D eigenvalue weighted by atomic mass is 10.2. The molecule has 0 aliphatic heterocycles. The minimum atomic E-state index is -1.22. The van der Waals surface area contributed by atoms with Gasteiger partial charge in [-0.15, -0.1) is 11.3 Å². The number of nitro benzene ring substituents is 1. The van der Waals surface area contributed by atoms with Crippen LogP contribution in [-0.4, -0.2) is 32.9 Å². The number of nitrogens with zero attached hydrogens (tertiary/aromatic N) is 3. The summed E-state index contributed by atoms with van der Waals surface area (Å²) in [4.78, 5) is 44.2. The van der Waals surface area contributed by atoms with Crippen molar-refractivity contribution in [1.82, 2.24) is 9.97 Å². The number of amides is 1. The van der Waals surface area contributed by atoms with E-state index in [4.69, 9.17) is 27.9 Å². The highest BCUT2D eigenvalue weighted by Gasteiger charge is 2.24. The first-order chi connectivity index (χ1) is 15.1. The molecular weight excluding hydrogens is 499 g/mol. The summed E-state index contributed by atoms with van der Waals surface area (Å²) in [6.07, 6.45) is 0.0771. The maximum Gasteiger partial charge on any atom is 0.339 e. The molecule has 1 N–H and O–H groups in total. The Hall–Kier alpha value is -2.73. The van der Waals surface area contributed by atoms with Gasteiger partial charge in [0.15, 0.2) is 16.3 Å². The van der Waals surface area contributed by atoms with E-state index in [9.17, 15) is 19.7 Å². The third kappa shape index (κ3) is 5.94. The highest BCUT2D eigenvalue weighted by atomic mass is 35.5. The second-order valence-corrected chi connectivity index (χ2v) is 9.31. The van der Waals surface area contributed by atoms with E-state index in [0.29, 0.717) is 14.3 Å². The molecule has 0 aliphatic rings. The Labute approximate surface area is 200 Å². The monoisotopic (exact) mass is 512 g/mol. The van der Waals surface area contributed by atoms with Crippen molar-refractivity contribution in [2.75, 3.05) is 5.32 Å². The molecule has 0 spiro atoms. The van der Waals surface area contributed by atoms with Crippen LogP contribution in [0.15, 0.2) is 45.1 Å². The molecule has 0 radical (unpaired) electrons. The SMILES string of the molecule is Cc1csc(Sc2ccc(C(=O)O[C@H](C)C(=O)Nc3ncc(Cl)cc3Cl)cc2[N+](=O)[O-])n1. The van der Waals surface area contributed by atoms with E-state index in [1.807, 2.05) is 12.3 Å². The molecule has 3 aromatic rings. The molecule has 0 saturated carbocycles.